The molecule has 0 radical (unpaired) electrons. The molecule has 2 aromatic carbocycles. The van der Waals surface area contributed by atoms with Crippen LogP contribution in [0.15, 0.2) is 53.9 Å². The lowest BCUT2D eigenvalue weighted by molar-refractivity contribution is -0.394. The molecule has 0 unspecified atom stereocenters. The Morgan fingerprint density at radius 3 is 2.14 bits per heavy atom. The number of ether oxygens (including phenoxy) is 1. The standard InChI is InChI=1S/C25H24F6N2OS.2ClH/c1-16-32-21(15-35-16)13-33-9-5-8-22(23(33)18-6-3-2-4-7-18)34-14-17-10-19(24(26,27)28)12-20(11-17)25(29,30)31;;/h2-4,6-7,10-12,15,22-23H,5,8-9,13-14H2,1H3;2*1H/p+1/t22-,23-;;/m0../s1. The second-order valence-corrected chi connectivity index (χ2v) is 9.76. The number of thiazole rings is 1. The molecular formula is C25H27Cl2F6N2OS+. The number of aromatic nitrogens is 1. The molecule has 3 aromatic rings. The summed E-state index contributed by atoms with van der Waals surface area (Å²) >= 11 is 1.61. The molecule has 0 spiro atoms. The third-order valence-corrected chi connectivity index (χ3v) is 6.88. The molecule has 0 amide bonds. The van der Waals surface area contributed by atoms with E-state index in [4.69, 9.17) is 4.74 Å². The second-order valence-electron chi connectivity index (χ2n) is 8.67. The van der Waals surface area contributed by atoms with Crippen LogP contribution in [0.5, 0.6) is 0 Å². The van der Waals surface area contributed by atoms with Gasteiger partial charge < -0.3 is 4.74 Å². The van der Waals surface area contributed by atoms with Crippen LogP contribution in [0.1, 0.15) is 51.8 Å². The Labute approximate surface area is 227 Å². The van der Waals surface area contributed by atoms with Crippen molar-refractivity contribution < 1.29 is 36.1 Å². The summed E-state index contributed by atoms with van der Waals surface area (Å²) < 4.78 is 85.6. The van der Waals surface area contributed by atoms with Crippen molar-refractivity contribution in [3.05, 3.63) is 86.9 Å². The third kappa shape index (κ3) is 8.07. The molecule has 4 rings (SSSR count). The molecule has 1 fully saturated rings. The van der Waals surface area contributed by atoms with Crippen LogP contribution >= 0.6 is 36.2 Å². The van der Waals surface area contributed by atoms with Crippen LogP contribution in [0.25, 0.3) is 0 Å². The Hall–Kier alpha value is -1.85. The van der Waals surface area contributed by atoms with Gasteiger partial charge in [0, 0.05) is 6.92 Å². The number of nitrogens with one attached hydrogen (secondary N) is 1. The van der Waals surface area contributed by atoms with Gasteiger partial charge in [0.15, 0.2) is 0 Å². The van der Waals surface area contributed by atoms with E-state index in [1.54, 1.807) is 11.3 Å². The van der Waals surface area contributed by atoms with E-state index in [1.807, 2.05) is 42.6 Å². The number of likely N-dealkylation sites (tertiary alicyclic amines) is 1. The summed E-state index contributed by atoms with van der Waals surface area (Å²) in [4.78, 5) is 5.58. The average molecular weight is 588 g/mol. The van der Waals surface area contributed by atoms with Crippen molar-refractivity contribution in [2.24, 2.45) is 0 Å². The van der Waals surface area contributed by atoms with Crippen molar-refractivity contribution in [1.82, 2.24) is 4.90 Å². The summed E-state index contributed by atoms with van der Waals surface area (Å²) in [5.41, 5.74) is -0.790. The van der Waals surface area contributed by atoms with Gasteiger partial charge in [-0.05, 0) is 48.7 Å². The van der Waals surface area contributed by atoms with Gasteiger partial charge in [0.05, 0.1) is 41.8 Å². The number of rotatable bonds is 6. The van der Waals surface area contributed by atoms with Crippen LogP contribution in [0, 0.1) is 6.92 Å². The van der Waals surface area contributed by atoms with Crippen LogP contribution < -0.4 is 4.98 Å². The highest BCUT2D eigenvalue weighted by atomic mass is 35.5. The van der Waals surface area contributed by atoms with Crippen molar-refractivity contribution >= 4 is 36.2 Å². The number of hydrogen-bond donors (Lipinski definition) is 0. The summed E-state index contributed by atoms with van der Waals surface area (Å²) in [6.07, 6.45) is -8.73. The molecule has 1 aromatic heterocycles. The van der Waals surface area contributed by atoms with E-state index in [0.717, 1.165) is 41.4 Å². The fourth-order valence-corrected chi connectivity index (χ4v) is 5.14. The van der Waals surface area contributed by atoms with Gasteiger partial charge in [-0.1, -0.05) is 41.7 Å². The summed E-state index contributed by atoms with van der Waals surface area (Å²) in [7, 11) is 0. The van der Waals surface area contributed by atoms with Crippen molar-refractivity contribution in [2.45, 2.75) is 57.4 Å². The fourth-order valence-electron chi connectivity index (χ4n) is 4.50. The Kier molecular flexibility index (Phi) is 10.9. The minimum absolute atomic E-state index is 0. The van der Waals surface area contributed by atoms with Gasteiger partial charge in [-0.25, -0.2) is 4.98 Å². The minimum Gasteiger partial charge on any atom is -0.372 e. The first-order valence-corrected chi connectivity index (χ1v) is 12.0. The highest BCUT2D eigenvalue weighted by Crippen LogP contribution is 2.38. The number of halogens is 8. The molecule has 1 aliphatic rings. The van der Waals surface area contributed by atoms with Gasteiger partial charge in [-0.2, -0.15) is 26.3 Å². The molecular weight excluding hydrogens is 561 g/mol. The van der Waals surface area contributed by atoms with Crippen molar-refractivity contribution in [1.29, 1.82) is 0 Å². The quantitative estimate of drug-likeness (QED) is 0.277. The van der Waals surface area contributed by atoms with Gasteiger partial charge >= 0.3 is 12.4 Å². The SMILES string of the molecule is Cc1[nH+]c(CN2CCC[C@H](OCc3cc(C(F)(F)F)cc(C(F)(F)F)c3)[C@@H]2c2ccccc2)cs1.Cl.Cl. The zero-order chi connectivity index (χ0) is 25.2. The fraction of sp³-hybridized carbons (Fsp3) is 0.400. The molecule has 37 heavy (non-hydrogen) atoms. The van der Waals surface area contributed by atoms with E-state index in [2.05, 4.69) is 9.88 Å². The van der Waals surface area contributed by atoms with E-state index in [9.17, 15) is 26.3 Å². The molecule has 0 bridgehead atoms. The first-order valence-electron chi connectivity index (χ1n) is 11.2. The maximum atomic E-state index is 13.3. The lowest BCUT2D eigenvalue weighted by Crippen LogP contribution is -2.43. The molecule has 204 valence electrons. The maximum Gasteiger partial charge on any atom is 0.416 e. The average Bonchev–Trinajstić information content (AvgIpc) is 3.21. The van der Waals surface area contributed by atoms with Crippen molar-refractivity contribution in [3.8, 4) is 0 Å². The van der Waals surface area contributed by atoms with E-state index in [-0.39, 0.29) is 49.1 Å². The summed E-state index contributed by atoms with van der Waals surface area (Å²) in [5.74, 6) is 0. The van der Waals surface area contributed by atoms with E-state index in [1.165, 1.54) is 0 Å². The van der Waals surface area contributed by atoms with Gasteiger partial charge in [0.1, 0.15) is 0 Å². The molecule has 12 heteroatoms. The largest absolute Gasteiger partial charge is 0.416 e. The number of nitrogens with zero attached hydrogens (tertiary/aromatic N) is 1. The number of aryl methyl sites for hydroxylation is 1. The predicted molar refractivity (Wildman–Crippen MR) is 134 cm³/mol. The summed E-state index contributed by atoms with van der Waals surface area (Å²) in [6, 6.07) is 11.0. The van der Waals surface area contributed by atoms with E-state index < -0.39 is 29.6 Å². The zero-order valence-electron chi connectivity index (χ0n) is 19.7. The lowest BCUT2D eigenvalue weighted by Gasteiger charge is -2.40. The van der Waals surface area contributed by atoms with Crippen LogP contribution in [-0.2, 0) is 30.2 Å². The first kappa shape index (κ1) is 31.4. The number of H-pyrrole nitrogens is 1. The second kappa shape index (κ2) is 12.8. The molecule has 0 saturated carbocycles. The molecule has 2 atom stereocenters. The normalized spacial score (nSPS) is 18.7. The maximum absolute atomic E-state index is 13.3. The smallest absolute Gasteiger partial charge is 0.372 e. The number of aromatic amines is 1. The van der Waals surface area contributed by atoms with Crippen LogP contribution in [-0.4, -0.2) is 17.5 Å². The lowest BCUT2D eigenvalue weighted by atomic mass is 9.92. The van der Waals surface area contributed by atoms with Crippen molar-refractivity contribution in [2.75, 3.05) is 6.54 Å². The molecule has 1 N–H and O–H groups in total. The minimum atomic E-state index is -4.89. The molecule has 0 aliphatic carbocycles. The number of hydrogen-bond acceptors (Lipinski definition) is 3. The van der Waals surface area contributed by atoms with Crippen molar-refractivity contribution in [3.63, 3.8) is 0 Å². The molecule has 1 saturated heterocycles. The Balaban J connectivity index is 0.00000241. The van der Waals surface area contributed by atoms with E-state index >= 15 is 0 Å². The number of alkyl halides is 6. The first-order chi connectivity index (χ1) is 16.5. The predicted octanol–water partition coefficient (Wildman–Crippen LogP) is 7.67. The monoisotopic (exact) mass is 587 g/mol. The van der Waals surface area contributed by atoms with Crippen LogP contribution in [0.2, 0.25) is 0 Å². The van der Waals surface area contributed by atoms with Gasteiger partial charge in [-0.15, -0.1) is 24.8 Å². The molecule has 2 heterocycles. The van der Waals surface area contributed by atoms with Crippen LogP contribution in [0.4, 0.5) is 26.3 Å². The topological polar surface area (TPSA) is 26.6 Å². The van der Waals surface area contributed by atoms with Gasteiger partial charge in [-0.3, -0.25) is 4.90 Å². The zero-order valence-corrected chi connectivity index (χ0v) is 22.2. The van der Waals surface area contributed by atoms with Gasteiger partial charge in [0.25, 0.3) is 0 Å². The highest BCUT2D eigenvalue weighted by Gasteiger charge is 2.38. The van der Waals surface area contributed by atoms with Crippen LogP contribution in [0.3, 0.4) is 0 Å². The summed E-state index contributed by atoms with van der Waals surface area (Å²) in [5, 5.41) is 3.12. The highest BCUT2D eigenvalue weighted by molar-refractivity contribution is 7.09. The molecule has 3 nitrogen and oxygen atoms in total. The third-order valence-electron chi connectivity index (χ3n) is 6.02. The summed E-state index contributed by atoms with van der Waals surface area (Å²) in [6.45, 7) is 3.06. The number of benzene rings is 2. The van der Waals surface area contributed by atoms with Gasteiger partial charge in [0.2, 0.25) is 10.7 Å². The Bertz CT molecular complexity index is 1110. The Morgan fingerprint density at radius 2 is 1.59 bits per heavy atom. The van der Waals surface area contributed by atoms with E-state index in [0.29, 0.717) is 13.0 Å². The Morgan fingerprint density at radius 1 is 0.973 bits per heavy atom. The number of piperidine rings is 1. The molecule has 1 aliphatic heterocycles.